The summed E-state index contributed by atoms with van der Waals surface area (Å²) in [6.45, 7) is 9.27. The van der Waals surface area contributed by atoms with Gasteiger partial charge in [-0.3, -0.25) is 9.59 Å². The standard InChI is InChI=1S/C15H25NO4/c1-6-9-15(10-16,14(18)20-8-3)12(11(4)5)13(17)19-7-2/h11-12H,6-9H2,1-5H3. The van der Waals surface area contributed by atoms with E-state index < -0.39 is 23.3 Å². The van der Waals surface area contributed by atoms with Gasteiger partial charge in [-0.15, -0.1) is 0 Å². The molecule has 5 heteroatoms. The Morgan fingerprint density at radius 1 is 1.15 bits per heavy atom. The Morgan fingerprint density at radius 3 is 2.05 bits per heavy atom. The molecule has 0 heterocycles. The van der Waals surface area contributed by atoms with Gasteiger partial charge >= 0.3 is 11.9 Å². The highest BCUT2D eigenvalue weighted by atomic mass is 16.5. The van der Waals surface area contributed by atoms with Crippen LogP contribution in [0.2, 0.25) is 0 Å². The first-order valence-electron chi connectivity index (χ1n) is 7.16. The third-order valence-corrected chi connectivity index (χ3v) is 3.22. The summed E-state index contributed by atoms with van der Waals surface area (Å²) in [5.74, 6) is -2.14. The van der Waals surface area contributed by atoms with Crippen molar-refractivity contribution in [2.45, 2.75) is 47.5 Å². The first kappa shape index (κ1) is 18.4. The number of carbonyl (C=O) groups is 2. The normalized spacial score (nSPS) is 15.1. The van der Waals surface area contributed by atoms with Crippen LogP contribution in [0.1, 0.15) is 47.5 Å². The van der Waals surface area contributed by atoms with Crippen LogP contribution in [0.25, 0.3) is 0 Å². The molecule has 114 valence electrons. The molecule has 20 heavy (non-hydrogen) atoms. The molecule has 0 N–H and O–H groups in total. The van der Waals surface area contributed by atoms with E-state index in [0.717, 1.165) is 0 Å². The maximum atomic E-state index is 12.3. The Bertz CT molecular complexity index is 373. The molecule has 0 aliphatic heterocycles. The Hall–Kier alpha value is -1.57. The minimum Gasteiger partial charge on any atom is -0.466 e. The fourth-order valence-corrected chi connectivity index (χ4v) is 2.48. The van der Waals surface area contributed by atoms with E-state index in [-0.39, 0.29) is 25.6 Å². The summed E-state index contributed by atoms with van der Waals surface area (Å²) < 4.78 is 10.1. The summed E-state index contributed by atoms with van der Waals surface area (Å²) in [6, 6.07) is 2.05. The number of ether oxygens (including phenoxy) is 2. The molecule has 0 amide bonds. The topological polar surface area (TPSA) is 76.4 Å². The maximum Gasteiger partial charge on any atom is 0.327 e. The van der Waals surface area contributed by atoms with Crippen molar-refractivity contribution in [1.29, 1.82) is 5.26 Å². The number of nitrogens with zero attached hydrogens (tertiary/aromatic N) is 1. The van der Waals surface area contributed by atoms with Gasteiger partial charge in [0.1, 0.15) is 0 Å². The van der Waals surface area contributed by atoms with E-state index in [1.807, 2.05) is 26.8 Å². The quantitative estimate of drug-likeness (QED) is 0.640. The van der Waals surface area contributed by atoms with E-state index in [4.69, 9.17) is 9.47 Å². The molecule has 5 nitrogen and oxygen atoms in total. The molecule has 0 aromatic heterocycles. The van der Waals surface area contributed by atoms with Crippen LogP contribution in [-0.2, 0) is 19.1 Å². The second-order valence-electron chi connectivity index (χ2n) is 5.03. The largest absolute Gasteiger partial charge is 0.466 e. The van der Waals surface area contributed by atoms with E-state index >= 15 is 0 Å². The van der Waals surface area contributed by atoms with Gasteiger partial charge in [0.15, 0.2) is 5.41 Å². The molecular weight excluding hydrogens is 258 g/mol. The van der Waals surface area contributed by atoms with Crippen LogP contribution < -0.4 is 0 Å². The van der Waals surface area contributed by atoms with Gasteiger partial charge in [-0.05, 0) is 26.2 Å². The van der Waals surface area contributed by atoms with Crippen LogP contribution in [0.3, 0.4) is 0 Å². The summed E-state index contributed by atoms with van der Waals surface area (Å²) in [5.41, 5.74) is -1.47. The second kappa shape index (κ2) is 8.57. The zero-order valence-corrected chi connectivity index (χ0v) is 13.1. The van der Waals surface area contributed by atoms with Crippen molar-refractivity contribution < 1.29 is 19.1 Å². The lowest BCUT2D eigenvalue weighted by Gasteiger charge is -2.33. The molecule has 0 fully saturated rings. The SMILES string of the molecule is CCCC(C#N)(C(=O)OCC)C(C(=O)OCC)C(C)C. The van der Waals surface area contributed by atoms with E-state index in [1.165, 1.54) is 0 Å². The van der Waals surface area contributed by atoms with Crippen LogP contribution in [0.5, 0.6) is 0 Å². The molecule has 0 radical (unpaired) electrons. The van der Waals surface area contributed by atoms with Gasteiger partial charge in [-0.25, -0.2) is 0 Å². The first-order valence-corrected chi connectivity index (χ1v) is 7.16. The van der Waals surface area contributed by atoms with Gasteiger partial charge in [0.25, 0.3) is 0 Å². The lowest BCUT2D eigenvalue weighted by atomic mass is 9.68. The molecule has 0 spiro atoms. The molecule has 0 rings (SSSR count). The lowest BCUT2D eigenvalue weighted by molar-refractivity contribution is -0.168. The second-order valence-corrected chi connectivity index (χ2v) is 5.03. The van der Waals surface area contributed by atoms with Crippen molar-refractivity contribution in [3.8, 4) is 6.07 Å². The van der Waals surface area contributed by atoms with Crippen molar-refractivity contribution in [2.75, 3.05) is 13.2 Å². The molecule has 2 unspecified atom stereocenters. The fraction of sp³-hybridized carbons (Fsp3) is 0.800. The highest BCUT2D eigenvalue weighted by molar-refractivity contribution is 5.88. The third kappa shape index (κ3) is 3.96. The van der Waals surface area contributed by atoms with Crippen LogP contribution >= 0.6 is 0 Å². The van der Waals surface area contributed by atoms with E-state index in [0.29, 0.717) is 6.42 Å². The number of carbonyl (C=O) groups excluding carboxylic acids is 2. The van der Waals surface area contributed by atoms with Crippen molar-refractivity contribution in [2.24, 2.45) is 17.3 Å². The summed E-state index contributed by atoms with van der Waals surface area (Å²) in [4.78, 5) is 24.5. The summed E-state index contributed by atoms with van der Waals surface area (Å²) in [7, 11) is 0. The van der Waals surface area contributed by atoms with Crippen molar-refractivity contribution in [3.63, 3.8) is 0 Å². The molecule has 0 saturated carbocycles. The van der Waals surface area contributed by atoms with Crippen molar-refractivity contribution in [1.82, 2.24) is 0 Å². The minimum atomic E-state index is -1.47. The molecule has 0 aliphatic carbocycles. The molecule has 0 bridgehead atoms. The third-order valence-electron chi connectivity index (χ3n) is 3.22. The Balaban J connectivity index is 5.70. The van der Waals surface area contributed by atoms with Crippen LogP contribution in [0, 0.1) is 28.6 Å². The number of rotatable bonds is 8. The van der Waals surface area contributed by atoms with Crippen molar-refractivity contribution >= 4 is 11.9 Å². The smallest absolute Gasteiger partial charge is 0.327 e. The van der Waals surface area contributed by atoms with Crippen molar-refractivity contribution in [3.05, 3.63) is 0 Å². The molecule has 0 aromatic carbocycles. The van der Waals surface area contributed by atoms with Gasteiger partial charge in [-0.2, -0.15) is 5.26 Å². The summed E-state index contributed by atoms with van der Waals surface area (Å²) in [5, 5.41) is 9.58. The van der Waals surface area contributed by atoms with E-state index in [1.54, 1.807) is 13.8 Å². The highest BCUT2D eigenvalue weighted by Crippen LogP contribution is 2.39. The predicted molar refractivity (Wildman–Crippen MR) is 74.5 cm³/mol. The monoisotopic (exact) mass is 283 g/mol. The molecule has 0 saturated heterocycles. The van der Waals surface area contributed by atoms with E-state index in [2.05, 4.69) is 0 Å². The van der Waals surface area contributed by atoms with Crippen LogP contribution in [0.4, 0.5) is 0 Å². The predicted octanol–water partition coefficient (Wildman–Crippen LogP) is 2.69. The van der Waals surface area contributed by atoms with Gasteiger partial charge in [0.2, 0.25) is 0 Å². The lowest BCUT2D eigenvalue weighted by Crippen LogP contribution is -2.46. The average molecular weight is 283 g/mol. The molecule has 0 aliphatic rings. The number of nitriles is 1. The molecule has 0 aromatic rings. The Labute approximate surface area is 121 Å². The summed E-state index contributed by atoms with van der Waals surface area (Å²) in [6.07, 6.45) is 0.888. The fourth-order valence-electron chi connectivity index (χ4n) is 2.48. The van der Waals surface area contributed by atoms with Gasteiger partial charge < -0.3 is 9.47 Å². The number of hydrogen-bond donors (Lipinski definition) is 0. The van der Waals surface area contributed by atoms with Crippen LogP contribution in [0.15, 0.2) is 0 Å². The highest BCUT2D eigenvalue weighted by Gasteiger charge is 2.52. The number of esters is 2. The average Bonchev–Trinajstić information content (AvgIpc) is 2.38. The van der Waals surface area contributed by atoms with Crippen LogP contribution in [-0.4, -0.2) is 25.2 Å². The maximum absolute atomic E-state index is 12.3. The zero-order valence-electron chi connectivity index (χ0n) is 13.1. The van der Waals surface area contributed by atoms with Gasteiger partial charge in [-0.1, -0.05) is 27.2 Å². The Kier molecular flexibility index (Phi) is 7.90. The molecule has 2 atom stereocenters. The zero-order chi connectivity index (χ0) is 15.8. The van der Waals surface area contributed by atoms with Gasteiger partial charge in [0.05, 0.1) is 25.2 Å². The summed E-state index contributed by atoms with van der Waals surface area (Å²) >= 11 is 0. The minimum absolute atomic E-state index is 0.180. The molecular formula is C15H25NO4. The number of hydrogen-bond acceptors (Lipinski definition) is 5. The Morgan fingerprint density at radius 2 is 1.70 bits per heavy atom. The van der Waals surface area contributed by atoms with E-state index in [9.17, 15) is 14.9 Å². The van der Waals surface area contributed by atoms with Gasteiger partial charge in [0, 0.05) is 0 Å². The first-order chi connectivity index (χ1) is 9.41.